The van der Waals surface area contributed by atoms with Crippen LogP contribution in [0.1, 0.15) is 38.5 Å². The molecule has 7 heteroatoms. The third-order valence-electron chi connectivity index (χ3n) is 3.86. The Morgan fingerprint density at radius 2 is 1.85 bits per heavy atom. The molecule has 0 aromatic rings. The minimum Gasteiger partial charge on any atom is -0.481 e. The molecule has 2 N–H and O–H groups in total. The summed E-state index contributed by atoms with van der Waals surface area (Å²) in [5.74, 6) is -1.91. The number of amides is 3. The van der Waals surface area contributed by atoms with Crippen molar-refractivity contribution in [3.63, 3.8) is 0 Å². The number of nitrogens with zero attached hydrogens (tertiary/aromatic N) is 1. The monoisotopic (exact) mass is 282 g/mol. The Morgan fingerprint density at radius 1 is 1.20 bits per heavy atom. The van der Waals surface area contributed by atoms with Gasteiger partial charge in [-0.1, -0.05) is 0 Å². The number of likely N-dealkylation sites (tertiary alicyclic amines) is 1. The van der Waals surface area contributed by atoms with Crippen molar-refractivity contribution in [2.75, 3.05) is 6.54 Å². The van der Waals surface area contributed by atoms with Gasteiger partial charge in [0.25, 0.3) is 0 Å². The highest BCUT2D eigenvalue weighted by Gasteiger charge is 2.31. The van der Waals surface area contributed by atoms with Crippen molar-refractivity contribution < 1.29 is 24.3 Å². The van der Waals surface area contributed by atoms with E-state index in [-0.39, 0.29) is 55.5 Å². The molecule has 0 aromatic heterocycles. The van der Waals surface area contributed by atoms with E-state index in [4.69, 9.17) is 5.11 Å². The number of imide groups is 1. The second-order valence-corrected chi connectivity index (χ2v) is 5.30. The maximum Gasteiger partial charge on any atom is 0.306 e. The highest BCUT2D eigenvalue weighted by Crippen LogP contribution is 2.25. The smallest absolute Gasteiger partial charge is 0.306 e. The van der Waals surface area contributed by atoms with Crippen LogP contribution in [0.2, 0.25) is 0 Å². The minimum atomic E-state index is -0.824. The molecule has 20 heavy (non-hydrogen) atoms. The number of nitrogens with one attached hydrogen (secondary N) is 1. The number of carbonyl (C=O) groups excluding carboxylic acids is 3. The van der Waals surface area contributed by atoms with Crippen molar-refractivity contribution in [1.29, 1.82) is 0 Å². The Balaban J connectivity index is 1.72. The molecule has 1 aliphatic heterocycles. The lowest BCUT2D eigenvalue weighted by molar-refractivity contribution is -0.142. The van der Waals surface area contributed by atoms with Gasteiger partial charge in [-0.3, -0.25) is 24.1 Å². The van der Waals surface area contributed by atoms with Crippen LogP contribution in [-0.2, 0) is 19.2 Å². The normalized spacial score (nSPS) is 26.1. The number of aliphatic carboxylic acids is 1. The fourth-order valence-corrected chi connectivity index (χ4v) is 2.72. The Hall–Kier alpha value is -1.92. The summed E-state index contributed by atoms with van der Waals surface area (Å²) in [5.41, 5.74) is 0. The summed E-state index contributed by atoms with van der Waals surface area (Å²) in [5, 5.41) is 11.6. The van der Waals surface area contributed by atoms with Crippen LogP contribution in [-0.4, -0.2) is 46.3 Å². The first-order chi connectivity index (χ1) is 9.47. The first-order valence-corrected chi connectivity index (χ1v) is 6.82. The van der Waals surface area contributed by atoms with Gasteiger partial charge in [0.15, 0.2) is 0 Å². The van der Waals surface area contributed by atoms with Gasteiger partial charge in [-0.15, -0.1) is 0 Å². The third-order valence-corrected chi connectivity index (χ3v) is 3.86. The number of carboxylic acid groups (broad SMARTS) is 1. The van der Waals surface area contributed by atoms with Crippen LogP contribution in [0.4, 0.5) is 0 Å². The highest BCUT2D eigenvalue weighted by molar-refractivity contribution is 6.02. The lowest BCUT2D eigenvalue weighted by Gasteiger charge is -2.15. The molecule has 0 spiro atoms. The molecule has 1 saturated carbocycles. The van der Waals surface area contributed by atoms with Gasteiger partial charge in [-0.2, -0.15) is 0 Å². The van der Waals surface area contributed by atoms with Crippen LogP contribution in [0.15, 0.2) is 0 Å². The molecule has 0 radical (unpaired) electrons. The average Bonchev–Trinajstić information content (AvgIpc) is 2.96. The second-order valence-electron chi connectivity index (χ2n) is 5.30. The molecule has 2 rings (SSSR count). The van der Waals surface area contributed by atoms with Gasteiger partial charge >= 0.3 is 5.97 Å². The van der Waals surface area contributed by atoms with Crippen LogP contribution in [0, 0.1) is 5.92 Å². The molecular formula is C13H18N2O5. The van der Waals surface area contributed by atoms with Crippen molar-refractivity contribution in [2.45, 2.75) is 44.6 Å². The van der Waals surface area contributed by atoms with Gasteiger partial charge in [0.05, 0.1) is 5.92 Å². The van der Waals surface area contributed by atoms with E-state index in [1.807, 2.05) is 0 Å². The average molecular weight is 282 g/mol. The molecule has 2 atom stereocenters. The van der Waals surface area contributed by atoms with Gasteiger partial charge in [0.2, 0.25) is 17.7 Å². The molecule has 7 nitrogen and oxygen atoms in total. The summed E-state index contributed by atoms with van der Waals surface area (Å²) >= 11 is 0. The summed E-state index contributed by atoms with van der Waals surface area (Å²) in [6.45, 7) is 0.110. The maximum atomic E-state index is 11.7. The summed E-state index contributed by atoms with van der Waals surface area (Å²) < 4.78 is 0. The molecular weight excluding hydrogens is 264 g/mol. The van der Waals surface area contributed by atoms with E-state index >= 15 is 0 Å². The third kappa shape index (κ3) is 3.34. The number of hydrogen-bond acceptors (Lipinski definition) is 4. The molecule has 0 bridgehead atoms. The first kappa shape index (κ1) is 14.5. The Labute approximate surface area is 116 Å². The SMILES string of the molecule is O=C(CCN1C(=O)CCC1=O)N[C@H]1CC[C@@H](C(=O)O)C1. The van der Waals surface area contributed by atoms with Crippen molar-refractivity contribution in [3.05, 3.63) is 0 Å². The van der Waals surface area contributed by atoms with E-state index in [2.05, 4.69) is 5.32 Å². The minimum absolute atomic E-state index is 0.0751. The molecule has 1 aliphatic carbocycles. The molecule has 2 aliphatic rings. The Kier molecular flexibility index (Phi) is 4.36. The largest absolute Gasteiger partial charge is 0.481 e. The topological polar surface area (TPSA) is 104 Å². The zero-order valence-corrected chi connectivity index (χ0v) is 11.1. The van der Waals surface area contributed by atoms with Crippen molar-refractivity contribution in [1.82, 2.24) is 10.2 Å². The van der Waals surface area contributed by atoms with Gasteiger partial charge in [-0.25, -0.2) is 0 Å². The fourth-order valence-electron chi connectivity index (χ4n) is 2.72. The summed E-state index contributed by atoms with van der Waals surface area (Å²) in [4.78, 5) is 46.4. The van der Waals surface area contributed by atoms with Crippen LogP contribution in [0.5, 0.6) is 0 Å². The number of carboxylic acids is 1. The van der Waals surface area contributed by atoms with E-state index in [0.29, 0.717) is 19.3 Å². The number of rotatable bonds is 5. The summed E-state index contributed by atoms with van der Waals surface area (Å²) in [6.07, 6.45) is 2.20. The van der Waals surface area contributed by atoms with Crippen LogP contribution in [0.3, 0.4) is 0 Å². The summed E-state index contributed by atoms with van der Waals surface area (Å²) in [6, 6.07) is -0.117. The van der Waals surface area contributed by atoms with Crippen LogP contribution < -0.4 is 5.32 Å². The van der Waals surface area contributed by atoms with Crippen molar-refractivity contribution >= 4 is 23.7 Å². The van der Waals surface area contributed by atoms with E-state index in [9.17, 15) is 19.2 Å². The molecule has 0 aromatic carbocycles. The Bertz CT molecular complexity index is 432. The van der Waals surface area contributed by atoms with Crippen molar-refractivity contribution in [3.8, 4) is 0 Å². The zero-order valence-electron chi connectivity index (χ0n) is 11.1. The van der Waals surface area contributed by atoms with E-state index in [1.54, 1.807) is 0 Å². The first-order valence-electron chi connectivity index (χ1n) is 6.82. The summed E-state index contributed by atoms with van der Waals surface area (Å²) in [7, 11) is 0. The van der Waals surface area contributed by atoms with Crippen LogP contribution in [0.25, 0.3) is 0 Å². The van der Waals surface area contributed by atoms with Gasteiger partial charge < -0.3 is 10.4 Å². The van der Waals surface area contributed by atoms with E-state index in [0.717, 1.165) is 4.90 Å². The van der Waals surface area contributed by atoms with E-state index < -0.39 is 5.97 Å². The Morgan fingerprint density at radius 3 is 2.40 bits per heavy atom. The predicted molar refractivity (Wildman–Crippen MR) is 67.5 cm³/mol. The van der Waals surface area contributed by atoms with Gasteiger partial charge in [-0.05, 0) is 19.3 Å². The quantitative estimate of drug-likeness (QED) is 0.685. The molecule has 1 heterocycles. The van der Waals surface area contributed by atoms with Gasteiger partial charge in [0, 0.05) is 31.8 Å². The predicted octanol–water partition coefficient (Wildman–Crippen LogP) is -0.105. The van der Waals surface area contributed by atoms with Crippen molar-refractivity contribution in [2.24, 2.45) is 5.92 Å². The molecule has 2 fully saturated rings. The second kappa shape index (κ2) is 6.02. The highest BCUT2D eigenvalue weighted by atomic mass is 16.4. The zero-order chi connectivity index (χ0) is 14.7. The lowest BCUT2D eigenvalue weighted by Crippen LogP contribution is -2.37. The molecule has 1 saturated heterocycles. The fraction of sp³-hybridized carbons (Fsp3) is 0.692. The number of carbonyl (C=O) groups is 4. The van der Waals surface area contributed by atoms with Gasteiger partial charge in [0.1, 0.15) is 0 Å². The van der Waals surface area contributed by atoms with E-state index in [1.165, 1.54) is 0 Å². The number of hydrogen-bond donors (Lipinski definition) is 2. The standard InChI is InChI=1S/C13H18N2O5/c16-10(5-6-15-11(17)3-4-12(15)18)14-9-2-1-8(7-9)13(19)20/h8-9H,1-7H2,(H,14,16)(H,19,20)/t8-,9+/m1/s1. The maximum absolute atomic E-state index is 11.7. The molecule has 0 unspecified atom stereocenters. The molecule has 3 amide bonds. The lowest BCUT2D eigenvalue weighted by atomic mass is 10.1. The van der Waals surface area contributed by atoms with Crippen LogP contribution >= 0.6 is 0 Å². The molecule has 110 valence electrons.